The minimum atomic E-state index is -0.0969. The van der Waals surface area contributed by atoms with E-state index >= 15 is 0 Å². The summed E-state index contributed by atoms with van der Waals surface area (Å²) in [6.07, 6.45) is 0. The van der Waals surface area contributed by atoms with Gasteiger partial charge in [-0.3, -0.25) is 0 Å². The van der Waals surface area contributed by atoms with Gasteiger partial charge in [0, 0.05) is 27.6 Å². The number of benzene rings is 9. The maximum absolute atomic E-state index is 6.64. The largest absolute Gasteiger partial charge is 0.454 e. The third-order valence-corrected chi connectivity index (χ3v) is 12.1. The molecule has 0 aliphatic heterocycles. The van der Waals surface area contributed by atoms with Crippen LogP contribution in [0.2, 0.25) is 0 Å². The van der Waals surface area contributed by atoms with Crippen LogP contribution >= 0.6 is 0 Å². The lowest BCUT2D eigenvalue weighted by Gasteiger charge is -2.27. The Balaban J connectivity index is 1.01. The maximum atomic E-state index is 6.64. The monoisotopic (exact) mass is 729 g/mol. The summed E-state index contributed by atoms with van der Waals surface area (Å²) in [5.41, 5.74) is 17.5. The molecule has 1 aromatic heterocycles. The smallest absolute Gasteiger partial charge is 0.159 e. The Morgan fingerprint density at radius 2 is 0.982 bits per heavy atom. The lowest BCUT2D eigenvalue weighted by atomic mass is 9.79. The van der Waals surface area contributed by atoms with Gasteiger partial charge >= 0.3 is 0 Å². The van der Waals surface area contributed by atoms with Crippen molar-refractivity contribution in [3.8, 4) is 44.5 Å². The number of hydrogen-bond donors (Lipinski definition) is 0. The van der Waals surface area contributed by atoms with Gasteiger partial charge in [0.05, 0.1) is 5.69 Å². The molecule has 0 atom stereocenters. The van der Waals surface area contributed by atoms with E-state index in [0.29, 0.717) is 0 Å². The van der Waals surface area contributed by atoms with Crippen molar-refractivity contribution in [3.63, 3.8) is 0 Å². The Hall–Kier alpha value is -7.16. The molecule has 1 aliphatic carbocycles. The van der Waals surface area contributed by atoms with E-state index in [-0.39, 0.29) is 5.41 Å². The third kappa shape index (κ3) is 5.33. The van der Waals surface area contributed by atoms with Gasteiger partial charge < -0.3 is 9.32 Å². The van der Waals surface area contributed by atoms with Gasteiger partial charge in [0.25, 0.3) is 0 Å². The highest BCUT2D eigenvalue weighted by atomic mass is 16.3. The Morgan fingerprint density at radius 3 is 1.82 bits per heavy atom. The average molecular weight is 730 g/mol. The minimum absolute atomic E-state index is 0.0969. The molecule has 270 valence electrons. The van der Waals surface area contributed by atoms with E-state index in [1.54, 1.807) is 0 Å². The van der Waals surface area contributed by atoms with Crippen LogP contribution in [0.3, 0.4) is 0 Å². The summed E-state index contributed by atoms with van der Waals surface area (Å²) in [6, 6.07) is 72.5. The number of hydrogen-bond acceptors (Lipinski definition) is 2. The zero-order chi connectivity index (χ0) is 38.1. The summed E-state index contributed by atoms with van der Waals surface area (Å²) in [5.74, 6) is 0. The Bertz CT molecular complexity index is 3140. The zero-order valence-corrected chi connectivity index (χ0v) is 31.9. The van der Waals surface area contributed by atoms with E-state index in [1.165, 1.54) is 66.4 Å². The number of rotatable bonds is 6. The summed E-state index contributed by atoms with van der Waals surface area (Å²) >= 11 is 0. The Kier molecular flexibility index (Phi) is 7.55. The van der Waals surface area contributed by atoms with Gasteiger partial charge in [0.15, 0.2) is 5.58 Å². The number of nitrogens with zero attached hydrogens (tertiary/aromatic N) is 1. The molecular formula is C55H39NO. The first kappa shape index (κ1) is 33.2. The third-order valence-electron chi connectivity index (χ3n) is 12.1. The van der Waals surface area contributed by atoms with E-state index in [9.17, 15) is 0 Å². The van der Waals surface area contributed by atoms with Gasteiger partial charge in [-0.05, 0) is 109 Å². The molecule has 1 aliphatic rings. The molecule has 2 heteroatoms. The summed E-state index contributed by atoms with van der Waals surface area (Å²) in [5, 5.41) is 4.74. The normalized spacial score (nSPS) is 12.9. The second-order valence-electron chi connectivity index (χ2n) is 15.7. The molecule has 0 unspecified atom stereocenters. The molecule has 10 aromatic rings. The number of anilines is 3. The van der Waals surface area contributed by atoms with Gasteiger partial charge in [0.2, 0.25) is 0 Å². The lowest BCUT2D eigenvalue weighted by molar-refractivity contribution is 0.662. The van der Waals surface area contributed by atoms with Crippen molar-refractivity contribution in [2.75, 3.05) is 4.90 Å². The first-order valence-corrected chi connectivity index (χ1v) is 19.8. The van der Waals surface area contributed by atoms with E-state index in [2.05, 4.69) is 213 Å². The molecule has 0 saturated heterocycles. The molecule has 0 N–H and O–H groups in total. The summed E-state index contributed by atoms with van der Waals surface area (Å²) in [7, 11) is 0. The van der Waals surface area contributed by atoms with Gasteiger partial charge in [-0.1, -0.05) is 172 Å². The fourth-order valence-electron chi connectivity index (χ4n) is 9.36. The highest BCUT2D eigenvalue weighted by Crippen LogP contribution is 2.52. The second kappa shape index (κ2) is 13.0. The van der Waals surface area contributed by atoms with Crippen molar-refractivity contribution in [3.05, 3.63) is 211 Å². The molecule has 9 aromatic carbocycles. The molecular weight excluding hydrogens is 691 g/mol. The highest BCUT2D eigenvalue weighted by molar-refractivity contribution is 6.10. The van der Waals surface area contributed by atoms with Crippen LogP contribution < -0.4 is 4.90 Å². The Labute approximate surface area is 332 Å². The van der Waals surface area contributed by atoms with Crippen molar-refractivity contribution in [1.29, 1.82) is 0 Å². The van der Waals surface area contributed by atoms with Crippen LogP contribution in [-0.2, 0) is 5.41 Å². The fraction of sp³-hybridized carbons (Fsp3) is 0.0545. The molecule has 0 radical (unpaired) electrons. The van der Waals surface area contributed by atoms with Crippen LogP contribution in [0.4, 0.5) is 17.1 Å². The average Bonchev–Trinajstić information content (AvgIpc) is 3.77. The van der Waals surface area contributed by atoms with Crippen molar-refractivity contribution in [2.45, 2.75) is 19.3 Å². The molecule has 0 fully saturated rings. The number of fused-ring (bicyclic) bond motifs is 7. The quantitative estimate of drug-likeness (QED) is 0.169. The molecule has 0 spiro atoms. The fourth-order valence-corrected chi connectivity index (χ4v) is 9.36. The summed E-state index contributed by atoms with van der Waals surface area (Å²) in [6.45, 7) is 4.71. The van der Waals surface area contributed by atoms with Gasteiger partial charge in [-0.15, -0.1) is 0 Å². The van der Waals surface area contributed by atoms with Crippen LogP contribution in [0, 0.1) is 0 Å². The van der Waals surface area contributed by atoms with Crippen molar-refractivity contribution >= 4 is 49.8 Å². The zero-order valence-electron chi connectivity index (χ0n) is 31.9. The minimum Gasteiger partial charge on any atom is -0.454 e. The van der Waals surface area contributed by atoms with E-state index in [1.807, 2.05) is 6.07 Å². The van der Waals surface area contributed by atoms with E-state index in [4.69, 9.17) is 4.42 Å². The predicted octanol–water partition coefficient (Wildman–Crippen LogP) is 15.5. The van der Waals surface area contributed by atoms with Crippen molar-refractivity contribution in [1.82, 2.24) is 0 Å². The van der Waals surface area contributed by atoms with Gasteiger partial charge in [-0.25, -0.2) is 0 Å². The molecule has 0 saturated carbocycles. The topological polar surface area (TPSA) is 16.4 Å². The maximum Gasteiger partial charge on any atom is 0.159 e. The Morgan fingerprint density at radius 1 is 0.404 bits per heavy atom. The van der Waals surface area contributed by atoms with Gasteiger partial charge in [0.1, 0.15) is 5.58 Å². The molecule has 1 heterocycles. The first-order chi connectivity index (χ1) is 28.0. The standard InChI is InChI=1S/C55H39NO/c1-55(2)50-24-7-5-18-46(50)48-22-11-21-45(53(48)55)38-29-33-42(34-30-38)56(51-25-12-23-49-47-19-6-8-26-52(47)57-54(49)51)41-31-27-36(28-32-41)39-15-9-16-40(35-39)44-20-10-14-37-13-3-4-17-43(37)44/h3-35H,1-2H3. The van der Waals surface area contributed by atoms with Crippen LogP contribution in [0.5, 0.6) is 0 Å². The predicted molar refractivity (Wildman–Crippen MR) is 240 cm³/mol. The first-order valence-electron chi connectivity index (χ1n) is 19.8. The lowest BCUT2D eigenvalue weighted by Crippen LogP contribution is -2.16. The van der Waals surface area contributed by atoms with Gasteiger partial charge in [-0.2, -0.15) is 0 Å². The number of para-hydroxylation sites is 2. The SMILES string of the molecule is CC1(C)c2ccccc2-c2cccc(-c3ccc(N(c4ccc(-c5cccc(-c6cccc7ccccc67)c5)cc4)c4cccc5c4oc4ccccc45)cc3)c21. The summed E-state index contributed by atoms with van der Waals surface area (Å²) < 4.78 is 6.64. The molecule has 0 amide bonds. The molecule has 57 heavy (non-hydrogen) atoms. The highest BCUT2D eigenvalue weighted by Gasteiger charge is 2.37. The van der Waals surface area contributed by atoms with Crippen LogP contribution in [0.1, 0.15) is 25.0 Å². The van der Waals surface area contributed by atoms with Crippen molar-refractivity contribution in [2.24, 2.45) is 0 Å². The van der Waals surface area contributed by atoms with Crippen LogP contribution in [0.25, 0.3) is 77.2 Å². The molecule has 11 rings (SSSR count). The van der Waals surface area contributed by atoms with Crippen molar-refractivity contribution < 1.29 is 4.42 Å². The van der Waals surface area contributed by atoms with Crippen LogP contribution in [-0.4, -0.2) is 0 Å². The second-order valence-corrected chi connectivity index (χ2v) is 15.7. The number of furan rings is 1. The van der Waals surface area contributed by atoms with Crippen LogP contribution in [0.15, 0.2) is 205 Å². The summed E-state index contributed by atoms with van der Waals surface area (Å²) in [4.78, 5) is 2.33. The molecule has 2 nitrogen and oxygen atoms in total. The van der Waals surface area contributed by atoms with E-state index in [0.717, 1.165) is 39.0 Å². The van der Waals surface area contributed by atoms with E-state index < -0.39 is 0 Å². The molecule has 0 bridgehead atoms.